The molecule has 1 fully saturated rings. The van der Waals surface area contributed by atoms with Gasteiger partial charge in [-0.3, -0.25) is 0 Å². The van der Waals surface area contributed by atoms with Crippen molar-refractivity contribution in [2.45, 2.75) is 52.2 Å². The fraction of sp³-hybridized carbons (Fsp3) is 0.923. The minimum atomic E-state index is -1.40. The molecule has 0 radical (unpaired) electrons. The van der Waals surface area contributed by atoms with Gasteiger partial charge in [0.25, 0.3) is 0 Å². The van der Waals surface area contributed by atoms with Crippen molar-refractivity contribution in [3.05, 3.63) is 0 Å². The summed E-state index contributed by atoms with van der Waals surface area (Å²) in [6.45, 7) is 5.83. The second-order valence-corrected chi connectivity index (χ2v) is 5.50. The lowest BCUT2D eigenvalue weighted by Crippen LogP contribution is -2.39. The quantitative estimate of drug-likeness (QED) is 0.732. The van der Waals surface area contributed by atoms with Crippen LogP contribution in [0.4, 0.5) is 0 Å². The lowest BCUT2D eigenvalue weighted by atomic mass is 9.75. The zero-order valence-corrected chi connectivity index (χ0v) is 10.9. The maximum absolute atomic E-state index is 11.5. The van der Waals surface area contributed by atoms with Crippen molar-refractivity contribution in [2.75, 3.05) is 6.61 Å². The molecular weight excluding hydrogens is 220 g/mol. The van der Waals surface area contributed by atoms with Crippen molar-refractivity contribution in [3.63, 3.8) is 0 Å². The largest absolute Gasteiger partial charge is 0.460 e. The van der Waals surface area contributed by atoms with Gasteiger partial charge in [0.05, 0.1) is 6.61 Å². The Morgan fingerprint density at radius 3 is 2.59 bits per heavy atom. The van der Waals surface area contributed by atoms with E-state index in [1.54, 1.807) is 0 Å². The van der Waals surface area contributed by atoms with Gasteiger partial charge in [0, 0.05) is 0 Å². The minimum Gasteiger partial charge on any atom is -0.460 e. The van der Waals surface area contributed by atoms with Gasteiger partial charge >= 0.3 is 5.97 Å². The summed E-state index contributed by atoms with van der Waals surface area (Å²) >= 11 is 0. The van der Waals surface area contributed by atoms with Gasteiger partial charge in [0.1, 0.15) is 6.10 Å². The molecular formula is C13H24O4. The molecule has 0 bridgehead atoms. The maximum atomic E-state index is 11.5. The maximum Gasteiger partial charge on any atom is 0.337 e. The van der Waals surface area contributed by atoms with Crippen LogP contribution < -0.4 is 0 Å². The van der Waals surface area contributed by atoms with Crippen LogP contribution in [0.3, 0.4) is 0 Å². The van der Waals surface area contributed by atoms with E-state index in [0.29, 0.717) is 17.8 Å². The number of hydrogen-bond acceptors (Lipinski definition) is 4. The van der Waals surface area contributed by atoms with Crippen LogP contribution in [-0.4, -0.2) is 35.0 Å². The summed E-state index contributed by atoms with van der Waals surface area (Å²) < 4.78 is 5.34. The van der Waals surface area contributed by atoms with Gasteiger partial charge in [-0.1, -0.05) is 27.2 Å². The molecule has 1 unspecified atom stereocenters. The molecule has 0 aromatic heterocycles. The van der Waals surface area contributed by atoms with Crippen LogP contribution in [0.1, 0.15) is 40.0 Å². The van der Waals surface area contributed by atoms with Gasteiger partial charge in [0.15, 0.2) is 6.10 Å². The highest BCUT2D eigenvalue weighted by molar-refractivity contribution is 5.74. The van der Waals surface area contributed by atoms with E-state index in [2.05, 4.69) is 20.8 Å². The molecule has 1 aliphatic rings. The van der Waals surface area contributed by atoms with E-state index in [1.165, 1.54) is 6.42 Å². The molecule has 4 heteroatoms. The second-order valence-electron chi connectivity index (χ2n) is 5.50. The van der Waals surface area contributed by atoms with Crippen LogP contribution in [0.15, 0.2) is 0 Å². The average Bonchev–Trinajstić information content (AvgIpc) is 2.27. The third-order valence-electron chi connectivity index (χ3n) is 3.67. The number of rotatable bonds is 4. The summed E-state index contributed by atoms with van der Waals surface area (Å²) in [6, 6.07) is 0. The lowest BCUT2D eigenvalue weighted by Gasteiger charge is -2.36. The molecule has 1 rings (SSSR count). The highest BCUT2D eigenvalue weighted by atomic mass is 16.6. The zero-order chi connectivity index (χ0) is 13.0. The number of esters is 1. The van der Waals surface area contributed by atoms with Gasteiger partial charge in [-0.05, 0) is 30.6 Å². The molecule has 1 saturated carbocycles. The predicted molar refractivity (Wildman–Crippen MR) is 64.3 cm³/mol. The summed E-state index contributed by atoms with van der Waals surface area (Å²) in [5, 5.41) is 17.9. The third kappa shape index (κ3) is 3.96. The van der Waals surface area contributed by atoms with E-state index in [9.17, 15) is 9.90 Å². The molecule has 100 valence electrons. The average molecular weight is 244 g/mol. The van der Waals surface area contributed by atoms with E-state index in [0.717, 1.165) is 12.8 Å². The molecule has 0 aromatic carbocycles. The minimum absolute atomic E-state index is 0.118. The molecule has 1 aliphatic carbocycles. The van der Waals surface area contributed by atoms with Crippen molar-refractivity contribution in [1.29, 1.82) is 0 Å². The van der Waals surface area contributed by atoms with E-state index >= 15 is 0 Å². The van der Waals surface area contributed by atoms with Gasteiger partial charge in [0.2, 0.25) is 0 Å². The Bertz CT molecular complexity index is 252. The highest BCUT2D eigenvalue weighted by Crippen LogP contribution is 2.35. The fourth-order valence-electron chi connectivity index (χ4n) is 2.55. The molecule has 4 atom stereocenters. The molecule has 4 nitrogen and oxygen atoms in total. The first-order valence-corrected chi connectivity index (χ1v) is 6.45. The first-order valence-electron chi connectivity index (χ1n) is 6.45. The number of hydrogen-bond donors (Lipinski definition) is 2. The molecule has 0 aromatic rings. The Labute approximate surface area is 103 Å². The van der Waals surface area contributed by atoms with E-state index < -0.39 is 18.7 Å². The molecule has 0 aliphatic heterocycles. The number of aliphatic hydroxyl groups excluding tert-OH is 2. The molecule has 0 amide bonds. The SMILES string of the molecule is CC(C)[C@@H]1CC[C@@H](C)C[C@H]1OC(=O)C(O)CO. The van der Waals surface area contributed by atoms with Crippen LogP contribution >= 0.6 is 0 Å². The molecule has 0 saturated heterocycles. The number of carbonyl (C=O) groups excluding carboxylic acids is 1. The van der Waals surface area contributed by atoms with Crippen LogP contribution in [0.25, 0.3) is 0 Å². The molecule has 17 heavy (non-hydrogen) atoms. The van der Waals surface area contributed by atoms with Crippen molar-refractivity contribution in [2.24, 2.45) is 17.8 Å². The van der Waals surface area contributed by atoms with Crippen molar-refractivity contribution in [1.82, 2.24) is 0 Å². The number of carbonyl (C=O) groups is 1. The normalized spacial score (nSPS) is 31.3. The summed E-state index contributed by atoms with van der Waals surface area (Å²) in [6.07, 6.45) is 1.56. The fourth-order valence-corrected chi connectivity index (χ4v) is 2.55. The first-order chi connectivity index (χ1) is 7.95. The van der Waals surface area contributed by atoms with Gasteiger partial charge < -0.3 is 14.9 Å². The summed E-state index contributed by atoms with van der Waals surface area (Å²) in [7, 11) is 0. The molecule has 2 N–H and O–H groups in total. The van der Waals surface area contributed by atoms with Gasteiger partial charge in [-0.2, -0.15) is 0 Å². The predicted octanol–water partition coefficient (Wildman–Crippen LogP) is 1.34. The Balaban J connectivity index is 2.60. The molecule has 0 heterocycles. The Kier molecular flexibility index (Phi) is 5.40. The standard InChI is InChI=1S/C13H24O4/c1-8(2)10-5-4-9(3)6-12(10)17-13(16)11(15)7-14/h8-12,14-15H,4-7H2,1-3H3/t9-,10+,11?,12-/m1/s1. The Hall–Kier alpha value is -0.610. The van der Waals surface area contributed by atoms with Crippen LogP contribution in [0.5, 0.6) is 0 Å². The number of ether oxygens (including phenoxy) is 1. The summed E-state index contributed by atoms with van der Waals surface area (Å²) in [5.74, 6) is 0.680. The lowest BCUT2D eigenvalue weighted by molar-refractivity contribution is -0.167. The summed E-state index contributed by atoms with van der Waals surface area (Å²) in [4.78, 5) is 11.5. The van der Waals surface area contributed by atoms with Gasteiger partial charge in [-0.25, -0.2) is 4.79 Å². The van der Waals surface area contributed by atoms with Crippen LogP contribution in [0, 0.1) is 17.8 Å². The van der Waals surface area contributed by atoms with Crippen LogP contribution in [-0.2, 0) is 9.53 Å². The van der Waals surface area contributed by atoms with E-state index in [1.807, 2.05) is 0 Å². The topological polar surface area (TPSA) is 66.8 Å². The summed E-state index contributed by atoms with van der Waals surface area (Å²) in [5.41, 5.74) is 0. The number of aliphatic hydroxyl groups is 2. The monoisotopic (exact) mass is 244 g/mol. The third-order valence-corrected chi connectivity index (χ3v) is 3.67. The van der Waals surface area contributed by atoms with Gasteiger partial charge in [-0.15, -0.1) is 0 Å². The van der Waals surface area contributed by atoms with Crippen molar-refractivity contribution >= 4 is 5.97 Å². The smallest absolute Gasteiger partial charge is 0.337 e. The molecule has 0 spiro atoms. The second kappa shape index (κ2) is 6.36. The van der Waals surface area contributed by atoms with Crippen molar-refractivity contribution < 1.29 is 19.7 Å². The van der Waals surface area contributed by atoms with Crippen LogP contribution in [0.2, 0.25) is 0 Å². The first kappa shape index (κ1) is 14.5. The Morgan fingerprint density at radius 1 is 1.41 bits per heavy atom. The highest BCUT2D eigenvalue weighted by Gasteiger charge is 2.34. The van der Waals surface area contributed by atoms with E-state index in [4.69, 9.17) is 9.84 Å². The zero-order valence-electron chi connectivity index (χ0n) is 10.9. The van der Waals surface area contributed by atoms with E-state index in [-0.39, 0.29) is 6.10 Å². The van der Waals surface area contributed by atoms with Crippen molar-refractivity contribution in [3.8, 4) is 0 Å². The Morgan fingerprint density at radius 2 is 2.06 bits per heavy atom.